The molecule has 5 rings (SSSR count). The number of likely N-dealkylation sites (tertiary alicyclic amines) is 1. The Balaban J connectivity index is 1.59. The molecule has 5 atom stereocenters. The third-order valence-electron chi connectivity index (χ3n) is 7.30. The molecule has 1 aromatic carbocycles. The Bertz CT molecular complexity index is 1050. The molecule has 1 aromatic rings. The van der Waals surface area contributed by atoms with Crippen LogP contribution in [0.4, 0.5) is 5.69 Å². The summed E-state index contributed by atoms with van der Waals surface area (Å²) in [4.78, 5) is 45.9. The fraction of sp³-hybridized carbons (Fsp3) is 0.480. The van der Waals surface area contributed by atoms with Crippen molar-refractivity contribution in [3.63, 3.8) is 0 Å². The number of carbonyl (C=O) groups is 3. The van der Waals surface area contributed by atoms with E-state index in [0.717, 1.165) is 0 Å². The summed E-state index contributed by atoms with van der Waals surface area (Å²) in [5.41, 5.74) is -0.577. The highest BCUT2D eigenvalue weighted by Crippen LogP contribution is 2.53. The zero-order valence-electron chi connectivity index (χ0n) is 19.3. The Kier molecular flexibility index (Phi) is 5.69. The number of hydrogen-bond donors (Lipinski definition) is 1. The summed E-state index contributed by atoms with van der Waals surface area (Å²) in [6.45, 7) is 0.841. The van der Waals surface area contributed by atoms with Crippen molar-refractivity contribution < 1.29 is 29.0 Å². The van der Waals surface area contributed by atoms with Crippen LogP contribution in [0.2, 0.25) is 0 Å². The van der Waals surface area contributed by atoms with Crippen LogP contribution in [0.5, 0.6) is 5.75 Å². The van der Waals surface area contributed by atoms with Crippen LogP contribution in [0.25, 0.3) is 0 Å². The van der Waals surface area contributed by atoms with E-state index >= 15 is 0 Å². The first kappa shape index (κ1) is 22.6. The number of aliphatic hydroxyl groups excluding tert-OH is 1. The number of benzene rings is 1. The lowest BCUT2D eigenvalue weighted by molar-refractivity contribution is -0.143. The number of methoxy groups -OCH3 is 1. The van der Waals surface area contributed by atoms with Crippen LogP contribution in [0.3, 0.4) is 0 Å². The van der Waals surface area contributed by atoms with E-state index in [1.807, 2.05) is 24.3 Å². The molecular formula is C25H29N3O6. The van der Waals surface area contributed by atoms with E-state index in [1.165, 1.54) is 4.90 Å². The molecule has 9 nitrogen and oxygen atoms in total. The lowest BCUT2D eigenvalue weighted by Crippen LogP contribution is -2.55. The number of ether oxygens (including phenoxy) is 2. The van der Waals surface area contributed by atoms with Gasteiger partial charge < -0.3 is 29.3 Å². The van der Waals surface area contributed by atoms with Crippen LogP contribution in [0, 0.1) is 11.8 Å². The molecule has 0 radical (unpaired) electrons. The third-order valence-corrected chi connectivity index (χ3v) is 7.30. The summed E-state index contributed by atoms with van der Waals surface area (Å²) >= 11 is 0. The molecule has 0 aliphatic carbocycles. The highest BCUT2D eigenvalue weighted by atomic mass is 16.5. The predicted octanol–water partition coefficient (Wildman–Crippen LogP) is 0.589. The van der Waals surface area contributed by atoms with Crippen LogP contribution >= 0.6 is 0 Å². The van der Waals surface area contributed by atoms with Gasteiger partial charge >= 0.3 is 0 Å². The van der Waals surface area contributed by atoms with Crippen molar-refractivity contribution in [2.75, 3.05) is 45.3 Å². The van der Waals surface area contributed by atoms with Gasteiger partial charge in [0.15, 0.2) is 0 Å². The van der Waals surface area contributed by atoms with E-state index in [0.29, 0.717) is 30.9 Å². The average Bonchev–Trinajstić information content (AvgIpc) is 3.16. The molecule has 2 fully saturated rings. The largest absolute Gasteiger partial charge is 0.497 e. The molecule has 1 unspecified atom stereocenters. The fourth-order valence-electron chi connectivity index (χ4n) is 5.74. The van der Waals surface area contributed by atoms with Crippen LogP contribution in [-0.4, -0.2) is 90.8 Å². The van der Waals surface area contributed by atoms with Gasteiger partial charge in [0.05, 0.1) is 25.0 Å². The summed E-state index contributed by atoms with van der Waals surface area (Å²) in [5, 5.41) is 9.45. The first-order valence-corrected chi connectivity index (χ1v) is 11.6. The maximum Gasteiger partial charge on any atom is 0.253 e. The summed E-state index contributed by atoms with van der Waals surface area (Å²) in [6, 6.07) is 6.23. The topological polar surface area (TPSA) is 99.6 Å². The van der Waals surface area contributed by atoms with Gasteiger partial charge in [0.25, 0.3) is 5.91 Å². The maximum absolute atomic E-state index is 14.1. The highest BCUT2D eigenvalue weighted by molar-refractivity contribution is 6.05. The molecule has 4 aliphatic heterocycles. The molecule has 3 amide bonds. The van der Waals surface area contributed by atoms with Crippen molar-refractivity contribution >= 4 is 23.4 Å². The van der Waals surface area contributed by atoms with Gasteiger partial charge in [-0.1, -0.05) is 24.3 Å². The number of nitrogens with zero attached hydrogens (tertiary/aromatic N) is 3. The molecule has 2 saturated heterocycles. The molecule has 9 heteroatoms. The van der Waals surface area contributed by atoms with Gasteiger partial charge in [0, 0.05) is 39.0 Å². The zero-order chi connectivity index (χ0) is 24.0. The van der Waals surface area contributed by atoms with Gasteiger partial charge in [-0.3, -0.25) is 14.4 Å². The quantitative estimate of drug-likeness (QED) is 0.637. The fourth-order valence-corrected chi connectivity index (χ4v) is 5.74. The SMILES string of the molecule is COc1ccc(N2CC=C[C@]34O[C@@H]5C=CCN(C)C(=O)[C@@H]5[C@H]3C(=O)N(CCCO)C4C2=O)cc1. The van der Waals surface area contributed by atoms with Crippen molar-refractivity contribution in [3.8, 4) is 5.75 Å². The van der Waals surface area contributed by atoms with E-state index < -0.39 is 29.6 Å². The molecule has 4 heterocycles. The number of amides is 3. The second-order valence-electron chi connectivity index (χ2n) is 9.15. The number of rotatable bonds is 5. The van der Waals surface area contributed by atoms with Crippen molar-refractivity contribution in [2.45, 2.75) is 24.2 Å². The second-order valence-corrected chi connectivity index (χ2v) is 9.15. The lowest BCUT2D eigenvalue weighted by Gasteiger charge is -2.35. The number of carbonyl (C=O) groups excluding carboxylic acids is 3. The van der Waals surface area contributed by atoms with Gasteiger partial charge in [-0.25, -0.2) is 0 Å². The van der Waals surface area contributed by atoms with E-state index in [-0.39, 0.29) is 30.9 Å². The Hall–Kier alpha value is -3.17. The van der Waals surface area contributed by atoms with E-state index in [1.54, 1.807) is 48.2 Å². The van der Waals surface area contributed by atoms with Crippen LogP contribution in [0.15, 0.2) is 48.6 Å². The van der Waals surface area contributed by atoms with Crippen molar-refractivity contribution in [1.82, 2.24) is 9.80 Å². The molecule has 4 aliphatic rings. The number of fused-ring (bicyclic) bond motifs is 2. The van der Waals surface area contributed by atoms with Crippen molar-refractivity contribution in [1.29, 1.82) is 0 Å². The van der Waals surface area contributed by atoms with Crippen molar-refractivity contribution in [2.24, 2.45) is 11.8 Å². The van der Waals surface area contributed by atoms with Crippen LogP contribution in [0.1, 0.15) is 6.42 Å². The minimum Gasteiger partial charge on any atom is -0.497 e. The summed E-state index contributed by atoms with van der Waals surface area (Å²) in [7, 11) is 3.29. The molecule has 0 saturated carbocycles. The predicted molar refractivity (Wildman–Crippen MR) is 123 cm³/mol. The van der Waals surface area contributed by atoms with Crippen LogP contribution < -0.4 is 9.64 Å². The van der Waals surface area contributed by atoms with E-state index in [4.69, 9.17) is 9.47 Å². The second kappa shape index (κ2) is 8.56. The minimum absolute atomic E-state index is 0.113. The molecular weight excluding hydrogens is 438 g/mol. The average molecular weight is 468 g/mol. The van der Waals surface area contributed by atoms with Gasteiger partial charge in [0.1, 0.15) is 17.4 Å². The summed E-state index contributed by atoms with van der Waals surface area (Å²) < 4.78 is 11.8. The first-order chi connectivity index (χ1) is 16.4. The van der Waals surface area contributed by atoms with Crippen LogP contribution in [-0.2, 0) is 19.1 Å². The smallest absolute Gasteiger partial charge is 0.253 e. The molecule has 0 bridgehead atoms. The van der Waals surface area contributed by atoms with E-state index in [2.05, 4.69) is 0 Å². The number of hydrogen-bond acceptors (Lipinski definition) is 6. The van der Waals surface area contributed by atoms with Gasteiger partial charge in [-0.05, 0) is 30.7 Å². The zero-order valence-corrected chi connectivity index (χ0v) is 19.3. The van der Waals surface area contributed by atoms with Gasteiger partial charge in [0.2, 0.25) is 11.8 Å². The Morgan fingerprint density at radius 2 is 1.85 bits per heavy atom. The molecule has 34 heavy (non-hydrogen) atoms. The first-order valence-electron chi connectivity index (χ1n) is 11.6. The highest BCUT2D eigenvalue weighted by Gasteiger charge is 2.71. The number of aliphatic hydroxyl groups is 1. The minimum atomic E-state index is -1.25. The third kappa shape index (κ3) is 3.25. The standard InChI is InChI=1S/C25H29N3O6/c1-26-12-3-6-18-19(22(26)30)20-23(31)28(14-5-15-29)21-24(32)27(13-4-11-25(20,21)34-18)16-7-9-17(33-2)10-8-16/h3-4,6-11,18-21,29H,5,12-15H2,1-2H3/t18-,19+,20+,21?,25+/m1/s1. The lowest BCUT2D eigenvalue weighted by atomic mass is 9.77. The number of anilines is 1. The van der Waals surface area contributed by atoms with Crippen molar-refractivity contribution in [3.05, 3.63) is 48.6 Å². The Morgan fingerprint density at radius 3 is 2.56 bits per heavy atom. The van der Waals surface area contributed by atoms with Gasteiger partial charge in [-0.2, -0.15) is 0 Å². The number of likely N-dealkylation sites (N-methyl/N-ethyl adjacent to an activating group) is 1. The molecule has 1 spiro atoms. The molecule has 1 N–H and O–H groups in total. The maximum atomic E-state index is 14.1. The molecule has 0 aromatic heterocycles. The van der Waals surface area contributed by atoms with E-state index in [9.17, 15) is 19.5 Å². The summed E-state index contributed by atoms with van der Waals surface area (Å²) in [6.07, 6.45) is 7.11. The normalized spacial score (nSPS) is 32.4. The monoisotopic (exact) mass is 467 g/mol. The Labute approximate surface area is 198 Å². The molecule has 180 valence electrons. The van der Waals surface area contributed by atoms with Gasteiger partial charge in [-0.15, -0.1) is 0 Å². The summed E-state index contributed by atoms with van der Waals surface area (Å²) in [5.74, 6) is -1.56. The Morgan fingerprint density at radius 1 is 1.09 bits per heavy atom.